The van der Waals surface area contributed by atoms with Crippen LogP contribution in [0.1, 0.15) is 32.8 Å². The second kappa shape index (κ2) is 9.16. The van der Waals surface area contributed by atoms with E-state index in [4.69, 9.17) is 4.74 Å². The van der Waals surface area contributed by atoms with Gasteiger partial charge in [0.2, 0.25) is 0 Å². The van der Waals surface area contributed by atoms with Gasteiger partial charge in [0, 0.05) is 10.9 Å². The zero-order valence-corrected chi connectivity index (χ0v) is 12.0. The third kappa shape index (κ3) is 6.41. The van der Waals surface area contributed by atoms with Crippen LogP contribution >= 0.6 is 15.9 Å². The van der Waals surface area contributed by atoms with E-state index in [1.165, 1.54) is 12.1 Å². The summed E-state index contributed by atoms with van der Waals surface area (Å²) >= 11 is 3.24. The van der Waals surface area contributed by atoms with Crippen molar-refractivity contribution in [2.45, 2.75) is 33.6 Å². The number of aryl methyl sites for hydroxylation is 1. The lowest BCUT2D eigenvalue weighted by Crippen LogP contribution is -2.05. The molecule has 4 heteroatoms. The quantitative estimate of drug-likeness (QED) is 0.783. The van der Waals surface area contributed by atoms with E-state index in [1.807, 2.05) is 13.8 Å². The first-order valence-corrected chi connectivity index (χ1v) is 6.52. The Balaban J connectivity index is 0.00000121. The summed E-state index contributed by atoms with van der Waals surface area (Å²) in [5.41, 5.74) is 0.907. The van der Waals surface area contributed by atoms with E-state index >= 15 is 0 Å². The summed E-state index contributed by atoms with van der Waals surface area (Å²) in [6.45, 7) is 6.16. The normalized spacial score (nSPS) is 9.24. The number of hydrogen-bond acceptors (Lipinski definition) is 2. The fourth-order valence-electron chi connectivity index (χ4n) is 1.19. The van der Waals surface area contributed by atoms with Crippen LogP contribution in [0.15, 0.2) is 22.7 Å². The van der Waals surface area contributed by atoms with Gasteiger partial charge in [0.15, 0.2) is 0 Å². The van der Waals surface area contributed by atoms with Crippen LogP contribution in [-0.2, 0) is 16.0 Å². The highest BCUT2D eigenvalue weighted by atomic mass is 79.9. The molecular formula is C13H18BrFO2. The molecule has 0 aliphatic rings. The predicted molar refractivity (Wildman–Crippen MR) is 70.4 cm³/mol. The third-order valence-electron chi connectivity index (χ3n) is 1.92. The molecule has 0 amide bonds. The molecule has 0 aromatic heterocycles. The first kappa shape index (κ1) is 16.1. The van der Waals surface area contributed by atoms with Crippen LogP contribution < -0.4 is 0 Å². The molecule has 1 aromatic carbocycles. The van der Waals surface area contributed by atoms with Crippen molar-refractivity contribution in [1.29, 1.82) is 0 Å². The number of carbonyl (C=O) groups is 1. The minimum atomic E-state index is -0.290. The van der Waals surface area contributed by atoms with E-state index in [1.54, 1.807) is 13.0 Å². The molecule has 0 spiro atoms. The van der Waals surface area contributed by atoms with Gasteiger partial charge in [0.25, 0.3) is 0 Å². The molecule has 96 valence electrons. The lowest BCUT2D eigenvalue weighted by molar-refractivity contribution is -0.143. The Kier molecular flexibility index (Phi) is 8.68. The molecular weight excluding hydrogens is 287 g/mol. The maximum absolute atomic E-state index is 12.7. The smallest absolute Gasteiger partial charge is 0.306 e. The van der Waals surface area contributed by atoms with Crippen molar-refractivity contribution in [2.75, 3.05) is 6.61 Å². The molecule has 1 rings (SSSR count). The van der Waals surface area contributed by atoms with Crippen LogP contribution in [0, 0.1) is 5.82 Å². The van der Waals surface area contributed by atoms with Gasteiger partial charge in [-0.05, 0) is 31.0 Å². The van der Waals surface area contributed by atoms with Crippen LogP contribution in [0.4, 0.5) is 4.39 Å². The molecule has 0 unspecified atom stereocenters. The maximum Gasteiger partial charge on any atom is 0.306 e. The van der Waals surface area contributed by atoms with Gasteiger partial charge in [-0.25, -0.2) is 4.39 Å². The fourth-order valence-corrected chi connectivity index (χ4v) is 1.74. The number of halogens is 2. The second-order valence-electron chi connectivity index (χ2n) is 3.04. The molecule has 0 radical (unpaired) electrons. The fraction of sp³-hybridized carbons (Fsp3) is 0.462. The minimum Gasteiger partial charge on any atom is -0.466 e. The Morgan fingerprint density at radius 3 is 2.59 bits per heavy atom. The van der Waals surface area contributed by atoms with Gasteiger partial charge >= 0.3 is 5.97 Å². The Hall–Kier alpha value is -0.900. The summed E-state index contributed by atoms with van der Waals surface area (Å²) in [7, 11) is 0. The highest BCUT2D eigenvalue weighted by Crippen LogP contribution is 2.19. The van der Waals surface area contributed by atoms with Crippen LogP contribution in [0.2, 0.25) is 0 Å². The largest absolute Gasteiger partial charge is 0.466 e. The number of ether oxygens (including phenoxy) is 1. The first-order valence-electron chi connectivity index (χ1n) is 5.73. The van der Waals surface area contributed by atoms with Crippen LogP contribution in [0.25, 0.3) is 0 Å². The Morgan fingerprint density at radius 2 is 2.06 bits per heavy atom. The number of carbonyl (C=O) groups excluding carboxylic acids is 1. The van der Waals surface area contributed by atoms with Crippen LogP contribution in [0.3, 0.4) is 0 Å². The van der Waals surface area contributed by atoms with E-state index in [0.29, 0.717) is 23.9 Å². The van der Waals surface area contributed by atoms with E-state index < -0.39 is 0 Å². The number of benzene rings is 1. The Labute approximate surface area is 110 Å². The average molecular weight is 305 g/mol. The first-order chi connectivity index (χ1) is 8.13. The summed E-state index contributed by atoms with van der Waals surface area (Å²) in [5, 5.41) is 0. The zero-order valence-electron chi connectivity index (χ0n) is 10.4. The molecule has 2 nitrogen and oxygen atoms in total. The van der Waals surface area contributed by atoms with Gasteiger partial charge in [0.1, 0.15) is 5.82 Å². The van der Waals surface area contributed by atoms with Crippen molar-refractivity contribution in [2.24, 2.45) is 0 Å². The van der Waals surface area contributed by atoms with Crippen LogP contribution in [0.5, 0.6) is 0 Å². The standard InChI is InChI=1S/C11H12BrFO2.C2H6/c1-2-15-11(14)6-4-8-3-5-9(13)7-10(8)12;1-2/h3,5,7H,2,4,6H2,1H3;1-2H3. The molecule has 0 saturated heterocycles. The predicted octanol–water partition coefficient (Wildman–Crippen LogP) is 4.11. The molecule has 17 heavy (non-hydrogen) atoms. The van der Waals surface area contributed by atoms with E-state index in [2.05, 4.69) is 15.9 Å². The highest BCUT2D eigenvalue weighted by molar-refractivity contribution is 9.10. The van der Waals surface area contributed by atoms with E-state index in [9.17, 15) is 9.18 Å². The number of rotatable bonds is 4. The van der Waals surface area contributed by atoms with Crippen LogP contribution in [-0.4, -0.2) is 12.6 Å². The monoisotopic (exact) mass is 304 g/mol. The van der Waals surface area contributed by atoms with Gasteiger partial charge < -0.3 is 4.74 Å². The van der Waals surface area contributed by atoms with Crippen molar-refractivity contribution in [3.05, 3.63) is 34.1 Å². The van der Waals surface area contributed by atoms with Crippen molar-refractivity contribution in [3.63, 3.8) is 0 Å². The molecule has 0 N–H and O–H groups in total. The van der Waals surface area contributed by atoms with Gasteiger partial charge in [-0.1, -0.05) is 35.8 Å². The topological polar surface area (TPSA) is 26.3 Å². The number of hydrogen-bond donors (Lipinski definition) is 0. The summed E-state index contributed by atoms with van der Waals surface area (Å²) in [4.78, 5) is 11.1. The van der Waals surface area contributed by atoms with Gasteiger partial charge in [-0.15, -0.1) is 0 Å². The summed E-state index contributed by atoms with van der Waals surface area (Å²) in [5.74, 6) is -0.518. The van der Waals surface area contributed by atoms with Gasteiger partial charge in [-0.3, -0.25) is 4.79 Å². The molecule has 0 atom stereocenters. The molecule has 0 aliphatic carbocycles. The van der Waals surface area contributed by atoms with Crippen molar-refractivity contribution in [3.8, 4) is 0 Å². The SMILES string of the molecule is CC.CCOC(=O)CCc1ccc(F)cc1Br. The third-order valence-corrected chi connectivity index (χ3v) is 2.66. The summed E-state index contributed by atoms with van der Waals surface area (Å²) in [6.07, 6.45) is 0.873. The average Bonchev–Trinajstić information content (AvgIpc) is 2.31. The lowest BCUT2D eigenvalue weighted by Gasteiger charge is -2.04. The molecule has 0 heterocycles. The van der Waals surface area contributed by atoms with Crippen molar-refractivity contribution in [1.82, 2.24) is 0 Å². The Bertz CT molecular complexity index is 353. The van der Waals surface area contributed by atoms with Gasteiger partial charge in [-0.2, -0.15) is 0 Å². The Morgan fingerprint density at radius 1 is 1.41 bits per heavy atom. The number of esters is 1. The summed E-state index contributed by atoms with van der Waals surface area (Å²) < 4.78 is 18.2. The van der Waals surface area contributed by atoms with E-state index in [0.717, 1.165) is 5.56 Å². The van der Waals surface area contributed by atoms with Crippen molar-refractivity contribution < 1.29 is 13.9 Å². The molecule has 0 aliphatic heterocycles. The minimum absolute atomic E-state index is 0.228. The molecule has 1 aromatic rings. The van der Waals surface area contributed by atoms with Crippen molar-refractivity contribution >= 4 is 21.9 Å². The molecule has 0 saturated carbocycles. The van der Waals surface area contributed by atoms with E-state index in [-0.39, 0.29) is 11.8 Å². The molecule has 0 fully saturated rings. The lowest BCUT2D eigenvalue weighted by atomic mass is 10.1. The maximum atomic E-state index is 12.7. The molecule has 0 bridgehead atoms. The highest BCUT2D eigenvalue weighted by Gasteiger charge is 2.06. The second-order valence-corrected chi connectivity index (χ2v) is 3.90. The summed E-state index contributed by atoms with van der Waals surface area (Å²) in [6, 6.07) is 4.43. The van der Waals surface area contributed by atoms with Gasteiger partial charge in [0.05, 0.1) is 6.61 Å². The zero-order chi connectivity index (χ0) is 13.3.